The maximum atomic E-state index is 12.6. The van der Waals surface area contributed by atoms with E-state index in [1.54, 1.807) is 0 Å². The van der Waals surface area contributed by atoms with Gasteiger partial charge in [-0.25, -0.2) is 4.79 Å². The average Bonchev–Trinajstić information content (AvgIpc) is 3.10. The van der Waals surface area contributed by atoms with Gasteiger partial charge in [-0.1, -0.05) is 63.1 Å². The SMILES string of the molecule is CCCC(NC(=O)NCC(C)(C)c1ccccc1Cl)c1nnc2ccccn12. The molecule has 7 heteroatoms. The summed E-state index contributed by atoms with van der Waals surface area (Å²) in [6.07, 6.45) is 3.60. The standard InChI is InChI=1S/C21H26ClN5O/c1-4-9-17(19-26-25-18-12-7-8-13-27(18)19)24-20(28)23-14-21(2,3)15-10-5-6-11-16(15)22/h5-8,10-13,17H,4,9,14H2,1-3H3,(H2,23,24,28). The van der Waals surface area contributed by atoms with Gasteiger partial charge in [-0.05, 0) is 30.2 Å². The molecule has 1 unspecified atom stereocenters. The highest BCUT2D eigenvalue weighted by molar-refractivity contribution is 6.31. The molecule has 0 aliphatic heterocycles. The first-order valence-corrected chi connectivity index (χ1v) is 9.89. The van der Waals surface area contributed by atoms with Crippen molar-refractivity contribution in [3.8, 4) is 0 Å². The highest BCUT2D eigenvalue weighted by Gasteiger charge is 2.25. The number of pyridine rings is 1. The van der Waals surface area contributed by atoms with Crippen molar-refractivity contribution in [1.82, 2.24) is 25.2 Å². The third-order valence-corrected chi connectivity index (χ3v) is 5.16. The summed E-state index contributed by atoms with van der Waals surface area (Å²) in [5.41, 5.74) is 1.48. The number of hydrogen-bond acceptors (Lipinski definition) is 3. The van der Waals surface area contributed by atoms with Crippen molar-refractivity contribution in [2.45, 2.75) is 45.1 Å². The molecule has 0 saturated heterocycles. The third kappa shape index (κ3) is 4.44. The number of rotatable bonds is 7. The molecule has 6 nitrogen and oxygen atoms in total. The quantitative estimate of drug-likeness (QED) is 0.614. The molecule has 2 N–H and O–H groups in total. The van der Waals surface area contributed by atoms with E-state index in [0.717, 1.165) is 29.9 Å². The second-order valence-electron chi connectivity index (χ2n) is 7.52. The van der Waals surface area contributed by atoms with E-state index in [1.807, 2.05) is 53.1 Å². The number of carbonyl (C=O) groups excluding carboxylic acids is 1. The number of benzene rings is 1. The number of hydrogen-bond donors (Lipinski definition) is 2. The molecule has 28 heavy (non-hydrogen) atoms. The lowest BCUT2D eigenvalue weighted by molar-refractivity contribution is 0.233. The topological polar surface area (TPSA) is 71.3 Å². The molecule has 3 rings (SSSR count). The first kappa shape index (κ1) is 20.1. The van der Waals surface area contributed by atoms with Crippen LogP contribution >= 0.6 is 11.6 Å². The van der Waals surface area contributed by atoms with Crippen LogP contribution in [0.15, 0.2) is 48.7 Å². The predicted octanol–water partition coefficient (Wildman–Crippen LogP) is 4.50. The van der Waals surface area contributed by atoms with Crippen LogP contribution < -0.4 is 10.6 Å². The summed E-state index contributed by atoms with van der Waals surface area (Å²) in [4.78, 5) is 12.6. The van der Waals surface area contributed by atoms with Crippen LogP contribution in [-0.4, -0.2) is 27.2 Å². The van der Waals surface area contributed by atoms with E-state index in [2.05, 4.69) is 41.6 Å². The van der Waals surface area contributed by atoms with Crippen LogP contribution in [0.25, 0.3) is 5.65 Å². The van der Waals surface area contributed by atoms with Gasteiger partial charge in [0.1, 0.15) is 0 Å². The number of amides is 2. The van der Waals surface area contributed by atoms with Gasteiger partial charge in [0, 0.05) is 23.2 Å². The lowest BCUT2D eigenvalue weighted by atomic mass is 9.84. The Kier molecular flexibility index (Phi) is 6.19. The highest BCUT2D eigenvalue weighted by Crippen LogP contribution is 2.29. The zero-order chi connectivity index (χ0) is 20.1. The molecule has 1 aromatic carbocycles. The van der Waals surface area contributed by atoms with E-state index >= 15 is 0 Å². The van der Waals surface area contributed by atoms with Crippen molar-refractivity contribution < 1.29 is 4.79 Å². The molecule has 0 fully saturated rings. The number of aromatic nitrogens is 3. The van der Waals surface area contributed by atoms with Crippen molar-refractivity contribution in [3.63, 3.8) is 0 Å². The minimum absolute atomic E-state index is 0.217. The first-order chi connectivity index (χ1) is 13.4. The number of halogens is 1. The lowest BCUT2D eigenvalue weighted by Gasteiger charge is -2.27. The summed E-state index contributed by atoms with van der Waals surface area (Å²) in [5.74, 6) is 0.734. The van der Waals surface area contributed by atoms with Gasteiger partial charge < -0.3 is 10.6 Å². The van der Waals surface area contributed by atoms with Crippen molar-refractivity contribution >= 4 is 23.3 Å². The molecular formula is C21H26ClN5O. The molecule has 2 aromatic heterocycles. The Bertz CT molecular complexity index is 953. The monoisotopic (exact) mass is 399 g/mol. The summed E-state index contributed by atoms with van der Waals surface area (Å²) in [7, 11) is 0. The number of nitrogens with one attached hydrogen (secondary N) is 2. The van der Waals surface area contributed by atoms with Gasteiger partial charge in [0.25, 0.3) is 0 Å². The minimum atomic E-state index is -0.294. The molecule has 0 radical (unpaired) electrons. The second kappa shape index (κ2) is 8.61. The lowest BCUT2D eigenvalue weighted by Crippen LogP contribution is -2.44. The van der Waals surface area contributed by atoms with Crippen LogP contribution in [-0.2, 0) is 5.41 Å². The Balaban J connectivity index is 1.69. The summed E-state index contributed by atoms with van der Waals surface area (Å²) in [5, 5.41) is 15.2. The van der Waals surface area contributed by atoms with Crippen LogP contribution in [0.1, 0.15) is 51.0 Å². The van der Waals surface area contributed by atoms with Crippen LogP contribution in [0.5, 0.6) is 0 Å². The number of carbonyl (C=O) groups is 1. The van der Waals surface area contributed by atoms with E-state index in [-0.39, 0.29) is 17.5 Å². The summed E-state index contributed by atoms with van der Waals surface area (Å²) < 4.78 is 1.91. The fourth-order valence-corrected chi connectivity index (χ4v) is 3.66. The van der Waals surface area contributed by atoms with Crippen LogP contribution in [0.4, 0.5) is 4.79 Å². The Morgan fingerprint density at radius 1 is 1.18 bits per heavy atom. The molecule has 3 aromatic rings. The highest BCUT2D eigenvalue weighted by atomic mass is 35.5. The smallest absolute Gasteiger partial charge is 0.315 e. The van der Waals surface area contributed by atoms with Crippen molar-refractivity contribution in [3.05, 3.63) is 65.1 Å². The molecule has 2 amide bonds. The van der Waals surface area contributed by atoms with Gasteiger partial charge in [-0.3, -0.25) is 4.40 Å². The van der Waals surface area contributed by atoms with Gasteiger partial charge in [0.15, 0.2) is 11.5 Å². The predicted molar refractivity (Wildman–Crippen MR) is 112 cm³/mol. The largest absolute Gasteiger partial charge is 0.337 e. The zero-order valence-electron chi connectivity index (χ0n) is 16.4. The molecule has 0 aliphatic carbocycles. The Morgan fingerprint density at radius 3 is 2.68 bits per heavy atom. The molecule has 1 atom stereocenters. The molecule has 148 valence electrons. The van der Waals surface area contributed by atoms with Crippen molar-refractivity contribution in [2.75, 3.05) is 6.54 Å². The average molecular weight is 400 g/mol. The third-order valence-electron chi connectivity index (χ3n) is 4.83. The molecule has 0 aliphatic rings. The van der Waals surface area contributed by atoms with E-state index in [4.69, 9.17) is 11.6 Å². The van der Waals surface area contributed by atoms with Gasteiger partial charge in [-0.2, -0.15) is 0 Å². The second-order valence-corrected chi connectivity index (χ2v) is 7.93. The number of urea groups is 1. The fraction of sp³-hybridized carbons (Fsp3) is 0.381. The van der Waals surface area contributed by atoms with Gasteiger partial charge >= 0.3 is 6.03 Å². The van der Waals surface area contributed by atoms with Crippen LogP contribution in [0.2, 0.25) is 5.02 Å². The summed E-state index contributed by atoms with van der Waals surface area (Å²) in [6, 6.07) is 13.0. The molecule has 2 heterocycles. The molecule has 0 bridgehead atoms. The van der Waals surface area contributed by atoms with E-state index in [0.29, 0.717) is 11.6 Å². The van der Waals surface area contributed by atoms with Crippen LogP contribution in [0.3, 0.4) is 0 Å². The van der Waals surface area contributed by atoms with Crippen molar-refractivity contribution in [2.24, 2.45) is 0 Å². The Labute approximate surface area is 170 Å². The van der Waals surface area contributed by atoms with E-state index in [1.165, 1.54) is 0 Å². The molecule has 0 saturated carbocycles. The van der Waals surface area contributed by atoms with Gasteiger partial charge in [0.05, 0.1) is 6.04 Å². The molecule has 0 spiro atoms. The van der Waals surface area contributed by atoms with E-state index in [9.17, 15) is 4.79 Å². The first-order valence-electron chi connectivity index (χ1n) is 9.51. The summed E-state index contributed by atoms with van der Waals surface area (Å²) >= 11 is 6.33. The van der Waals surface area contributed by atoms with Gasteiger partial charge in [-0.15, -0.1) is 10.2 Å². The van der Waals surface area contributed by atoms with Crippen molar-refractivity contribution in [1.29, 1.82) is 0 Å². The Hall–Kier alpha value is -2.60. The van der Waals surface area contributed by atoms with Crippen LogP contribution in [0, 0.1) is 0 Å². The normalized spacial score (nSPS) is 12.7. The number of nitrogens with zero attached hydrogens (tertiary/aromatic N) is 3. The minimum Gasteiger partial charge on any atom is -0.337 e. The molecular weight excluding hydrogens is 374 g/mol. The van der Waals surface area contributed by atoms with Gasteiger partial charge in [0.2, 0.25) is 0 Å². The Morgan fingerprint density at radius 2 is 1.93 bits per heavy atom. The maximum absolute atomic E-state index is 12.6. The number of fused-ring (bicyclic) bond motifs is 1. The maximum Gasteiger partial charge on any atom is 0.315 e. The zero-order valence-corrected chi connectivity index (χ0v) is 17.2. The van der Waals surface area contributed by atoms with E-state index < -0.39 is 0 Å². The summed E-state index contributed by atoms with van der Waals surface area (Å²) in [6.45, 7) is 6.66. The fourth-order valence-electron chi connectivity index (χ4n) is 3.27.